The number of nitrogens with one attached hydrogen (secondary N) is 2. The largest absolute Gasteiger partial charge is 0.355 e. The summed E-state index contributed by atoms with van der Waals surface area (Å²) in [7, 11) is 3.51. The van der Waals surface area contributed by atoms with Crippen LogP contribution in [0.1, 0.15) is 41.6 Å². The van der Waals surface area contributed by atoms with Crippen LogP contribution in [-0.4, -0.2) is 50.4 Å². The van der Waals surface area contributed by atoms with Crippen molar-refractivity contribution in [1.29, 1.82) is 0 Å². The fourth-order valence-electron chi connectivity index (χ4n) is 4.30. The van der Waals surface area contributed by atoms with Crippen molar-refractivity contribution >= 4 is 24.2 Å². The minimum Gasteiger partial charge on any atom is -0.355 e. The summed E-state index contributed by atoms with van der Waals surface area (Å²) in [6.07, 6.45) is 5.31. The molecule has 1 aliphatic carbocycles. The molecule has 1 aliphatic heterocycles. The Morgan fingerprint density at radius 3 is 2.88 bits per heavy atom. The minimum atomic E-state index is -0.193. The maximum absolute atomic E-state index is 12.8. The molecule has 2 amide bonds. The number of amides is 2. The third kappa shape index (κ3) is 4.21. The van der Waals surface area contributed by atoms with Gasteiger partial charge in [0.25, 0.3) is 5.91 Å². The average Bonchev–Trinajstić information content (AvgIpc) is 3.06. The lowest BCUT2D eigenvalue weighted by Crippen LogP contribution is -2.48. The van der Waals surface area contributed by atoms with Crippen LogP contribution in [0, 0.1) is 11.3 Å². The second-order valence-electron chi connectivity index (χ2n) is 7.64. The molecule has 2 atom stereocenters. The van der Waals surface area contributed by atoms with E-state index in [0.717, 1.165) is 44.3 Å². The van der Waals surface area contributed by atoms with Crippen LogP contribution in [-0.2, 0) is 11.2 Å². The van der Waals surface area contributed by atoms with Gasteiger partial charge >= 0.3 is 0 Å². The summed E-state index contributed by atoms with van der Waals surface area (Å²) in [5, 5.41) is 6.58. The number of halogens is 1. The molecule has 1 heterocycles. The van der Waals surface area contributed by atoms with Crippen LogP contribution in [0.3, 0.4) is 0 Å². The SMILES string of the molecule is CN(C)C(=O)c1cccc(CCNC(=O)[C@@]23CCCC[C@H]2CNC3)c1.Cl. The van der Waals surface area contributed by atoms with Gasteiger partial charge in [-0.15, -0.1) is 12.4 Å². The van der Waals surface area contributed by atoms with Gasteiger partial charge in [-0.3, -0.25) is 9.59 Å². The molecule has 1 saturated heterocycles. The zero-order valence-corrected chi connectivity index (χ0v) is 16.5. The van der Waals surface area contributed by atoms with Gasteiger partial charge < -0.3 is 15.5 Å². The van der Waals surface area contributed by atoms with Crippen molar-refractivity contribution < 1.29 is 9.59 Å². The van der Waals surface area contributed by atoms with Crippen LogP contribution in [0.25, 0.3) is 0 Å². The fourth-order valence-corrected chi connectivity index (χ4v) is 4.30. The van der Waals surface area contributed by atoms with E-state index in [1.54, 1.807) is 19.0 Å². The molecule has 0 bridgehead atoms. The van der Waals surface area contributed by atoms with E-state index in [1.165, 1.54) is 6.42 Å². The second-order valence-corrected chi connectivity index (χ2v) is 7.64. The van der Waals surface area contributed by atoms with Gasteiger partial charge in [0.2, 0.25) is 5.91 Å². The van der Waals surface area contributed by atoms with E-state index in [0.29, 0.717) is 18.0 Å². The summed E-state index contributed by atoms with van der Waals surface area (Å²) < 4.78 is 0. The van der Waals surface area contributed by atoms with Gasteiger partial charge in [0, 0.05) is 32.7 Å². The zero-order valence-electron chi connectivity index (χ0n) is 15.7. The normalized spacial score (nSPS) is 24.3. The number of fused-ring (bicyclic) bond motifs is 1. The van der Waals surface area contributed by atoms with Crippen LogP contribution in [0.5, 0.6) is 0 Å². The molecule has 26 heavy (non-hydrogen) atoms. The Bertz CT molecular complexity index is 650. The smallest absolute Gasteiger partial charge is 0.253 e. The third-order valence-corrected chi connectivity index (χ3v) is 5.77. The lowest BCUT2D eigenvalue weighted by atomic mass is 9.67. The first-order chi connectivity index (χ1) is 12.0. The molecule has 0 aromatic heterocycles. The maximum Gasteiger partial charge on any atom is 0.253 e. The van der Waals surface area contributed by atoms with Gasteiger partial charge in [0.05, 0.1) is 5.41 Å². The molecule has 2 fully saturated rings. The van der Waals surface area contributed by atoms with E-state index in [2.05, 4.69) is 10.6 Å². The molecule has 144 valence electrons. The number of hydrogen-bond acceptors (Lipinski definition) is 3. The maximum atomic E-state index is 12.8. The van der Waals surface area contributed by atoms with Gasteiger partial charge in [-0.25, -0.2) is 0 Å². The molecule has 1 aromatic rings. The van der Waals surface area contributed by atoms with Crippen LogP contribution in [0.2, 0.25) is 0 Å². The lowest BCUT2D eigenvalue weighted by Gasteiger charge is -2.37. The zero-order chi connectivity index (χ0) is 17.9. The average molecular weight is 380 g/mol. The first-order valence-corrected chi connectivity index (χ1v) is 9.32. The van der Waals surface area contributed by atoms with Crippen LogP contribution < -0.4 is 10.6 Å². The summed E-state index contributed by atoms with van der Waals surface area (Å²) in [6.45, 7) is 2.41. The predicted octanol–water partition coefficient (Wildman–Crippen LogP) is 2.25. The Hall–Kier alpha value is -1.59. The van der Waals surface area contributed by atoms with Gasteiger partial charge in [-0.2, -0.15) is 0 Å². The third-order valence-electron chi connectivity index (χ3n) is 5.77. The topological polar surface area (TPSA) is 61.4 Å². The Labute approximate surface area is 162 Å². The molecule has 0 spiro atoms. The summed E-state index contributed by atoms with van der Waals surface area (Å²) in [5.74, 6) is 0.705. The monoisotopic (exact) mass is 379 g/mol. The number of carbonyl (C=O) groups excluding carboxylic acids is 2. The van der Waals surface area contributed by atoms with Gasteiger partial charge in [-0.1, -0.05) is 25.0 Å². The first-order valence-electron chi connectivity index (χ1n) is 9.32. The number of benzene rings is 1. The summed E-state index contributed by atoms with van der Waals surface area (Å²) >= 11 is 0. The quantitative estimate of drug-likeness (QED) is 0.824. The van der Waals surface area contributed by atoms with E-state index in [-0.39, 0.29) is 29.6 Å². The van der Waals surface area contributed by atoms with Crippen molar-refractivity contribution in [3.63, 3.8) is 0 Å². The first kappa shape index (κ1) is 20.7. The molecule has 1 saturated carbocycles. The van der Waals surface area contributed by atoms with E-state index < -0.39 is 0 Å². The molecule has 2 aliphatic rings. The molecular weight excluding hydrogens is 350 g/mol. The van der Waals surface area contributed by atoms with Crippen molar-refractivity contribution in [2.24, 2.45) is 11.3 Å². The number of carbonyl (C=O) groups is 2. The summed E-state index contributed by atoms with van der Waals surface area (Å²) in [6, 6.07) is 7.68. The highest BCUT2D eigenvalue weighted by Gasteiger charge is 2.49. The van der Waals surface area contributed by atoms with Crippen LogP contribution in [0.4, 0.5) is 0 Å². The van der Waals surface area contributed by atoms with Gasteiger partial charge in [0.1, 0.15) is 0 Å². The molecule has 0 unspecified atom stereocenters. The molecule has 5 nitrogen and oxygen atoms in total. The molecule has 3 rings (SSSR count). The van der Waals surface area contributed by atoms with Crippen LogP contribution >= 0.6 is 12.4 Å². The standard InChI is InChI=1S/C20H29N3O2.ClH/c1-23(2)18(24)16-7-5-6-15(12-16)9-11-22-19(25)20-10-4-3-8-17(20)13-21-14-20;/h5-7,12,17,21H,3-4,8-11,13-14H2,1-2H3,(H,22,25);1H/t17-,20+;/m0./s1. The van der Waals surface area contributed by atoms with Crippen molar-refractivity contribution in [3.05, 3.63) is 35.4 Å². The highest BCUT2D eigenvalue weighted by Crippen LogP contribution is 2.43. The van der Waals surface area contributed by atoms with Crippen molar-refractivity contribution in [2.75, 3.05) is 33.7 Å². The van der Waals surface area contributed by atoms with Crippen molar-refractivity contribution in [2.45, 2.75) is 32.1 Å². The molecule has 1 aromatic carbocycles. The van der Waals surface area contributed by atoms with Crippen molar-refractivity contribution in [3.8, 4) is 0 Å². The highest BCUT2D eigenvalue weighted by atomic mass is 35.5. The minimum absolute atomic E-state index is 0. The Morgan fingerprint density at radius 1 is 1.31 bits per heavy atom. The van der Waals surface area contributed by atoms with E-state index >= 15 is 0 Å². The molecule has 0 radical (unpaired) electrons. The second kappa shape index (κ2) is 8.87. The van der Waals surface area contributed by atoms with E-state index in [1.807, 2.05) is 24.3 Å². The molecular formula is C20H30ClN3O2. The summed E-state index contributed by atoms with van der Waals surface area (Å²) in [5.41, 5.74) is 1.58. The Morgan fingerprint density at radius 2 is 2.12 bits per heavy atom. The van der Waals surface area contributed by atoms with E-state index in [4.69, 9.17) is 0 Å². The number of nitrogens with zero attached hydrogens (tertiary/aromatic N) is 1. The number of rotatable bonds is 5. The predicted molar refractivity (Wildman–Crippen MR) is 106 cm³/mol. The fraction of sp³-hybridized carbons (Fsp3) is 0.600. The Balaban J connectivity index is 0.00000243. The number of hydrogen-bond donors (Lipinski definition) is 2. The van der Waals surface area contributed by atoms with Gasteiger partial charge in [0.15, 0.2) is 0 Å². The van der Waals surface area contributed by atoms with Crippen molar-refractivity contribution in [1.82, 2.24) is 15.5 Å². The van der Waals surface area contributed by atoms with E-state index in [9.17, 15) is 9.59 Å². The lowest BCUT2D eigenvalue weighted by molar-refractivity contribution is -0.133. The van der Waals surface area contributed by atoms with Gasteiger partial charge in [-0.05, 0) is 49.4 Å². The summed E-state index contributed by atoms with van der Waals surface area (Å²) in [4.78, 5) is 26.5. The highest BCUT2D eigenvalue weighted by molar-refractivity contribution is 5.94. The Kier molecular flexibility index (Phi) is 7.07. The molecule has 6 heteroatoms. The van der Waals surface area contributed by atoms with Crippen LogP contribution in [0.15, 0.2) is 24.3 Å². The molecule has 2 N–H and O–H groups in total.